The van der Waals surface area contributed by atoms with Crippen molar-refractivity contribution in [1.82, 2.24) is 19.7 Å². The Morgan fingerprint density at radius 2 is 1.89 bits per heavy atom. The lowest BCUT2D eigenvalue weighted by atomic mass is 9.73. The lowest BCUT2D eigenvalue weighted by Crippen LogP contribution is -2.52. The number of benzene rings is 1. The van der Waals surface area contributed by atoms with Gasteiger partial charge in [-0.25, -0.2) is 0 Å². The maximum atomic E-state index is 13.3. The number of nitrogens with zero attached hydrogens (tertiary/aromatic N) is 3. The van der Waals surface area contributed by atoms with E-state index in [0.29, 0.717) is 19.7 Å². The number of para-hydroxylation sites is 1. The Kier molecular flexibility index (Phi) is 7.65. The van der Waals surface area contributed by atoms with Gasteiger partial charge in [-0.3, -0.25) is 14.5 Å². The van der Waals surface area contributed by atoms with Crippen molar-refractivity contribution in [1.29, 1.82) is 0 Å². The quantitative estimate of drug-likeness (QED) is 0.708. The first-order chi connectivity index (χ1) is 17.6. The van der Waals surface area contributed by atoms with E-state index in [4.69, 9.17) is 4.74 Å². The van der Waals surface area contributed by atoms with Gasteiger partial charge in [-0.15, -0.1) is 0 Å². The summed E-state index contributed by atoms with van der Waals surface area (Å²) in [7, 11) is 0. The van der Waals surface area contributed by atoms with Crippen LogP contribution < -0.4 is 10.1 Å². The molecule has 1 unspecified atom stereocenters. The van der Waals surface area contributed by atoms with Crippen LogP contribution in [0.2, 0.25) is 0 Å². The van der Waals surface area contributed by atoms with E-state index in [1.807, 2.05) is 12.1 Å². The summed E-state index contributed by atoms with van der Waals surface area (Å²) >= 11 is 0. The van der Waals surface area contributed by atoms with Crippen molar-refractivity contribution < 1.29 is 14.3 Å². The summed E-state index contributed by atoms with van der Waals surface area (Å²) in [5.41, 5.74) is 2.16. The molecule has 2 aromatic rings. The van der Waals surface area contributed by atoms with Crippen LogP contribution in [0.25, 0.3) is 0 Å². The molecule has 1 N–H and O–H groups in total. The lowest BCUT2D eigenvalue weighted by molar-refractivity contribution is -0.138. The monoisotopic (exact) mass is 492 g/mol. The first kappa shape index (κ1) is 24.9. The number of likely N-dealkylation sites (tertiary alicyclic amines) is 1. The summed E-state index contributed by atoms with van der Waals surface area (Å²) in [6, 6.07) is 12.6. The fourth-order valence-electron chi connectivity index (χ4n) is 6.35. The molecular formula is C29H40N4O3. The number of carbonyl (C=O) groups is 2. The summed E-state index contributed by atoms with van der Waals surface area (Å²) in [4.78, 5) is 31.0. The zero-order chi connectivity index (χ0) is 25.0. The molecule has 0 saturated carbocycles. The number of fused-ring (bicyclic) bond motifs is 2. The highest BCUT2D eigenvalue weighted by atomic mass is 16.5. The molecule has 1 spiro atoms. The number of piperidine rings is 1. The van der Waals surface area contributed by atoms with Crippen molar-refractivity contribution in [3.05, 3.63) is 53.9 Å². The molecule has 1 aromatic carbocycles. The third-order valence-electron chi connectivity index (χ3n) is 8.49. The second-order valence-corrected chi connectivity index (χ2v) is 10.6. The molecule has 0 radical (unpaired) electrons. The van der Waals surface area contributed by atoms with Crippen LogP contribution in [0.4, 0.5) is 0 Å². The van der Waals surface area contributed by atoms with Crippen molar-refractivity contribution in [2.24, 2.45) is 5.41 Å². The number of hydrogen-bond acceptors (Lipinski definition) is 4. The van der Waals surface area contributed by atoms with Gasteiger partial charge in [0.05, 0.1) is 24.5 Å². The van der Waals surface area contributed by atoms with Crippen molar-refractivity contribution in [2.75, 3.05) is 39.3 Å². The third-order valence-corrected chi connectivity index (χ3v) is 8.49. The Morgan fingerprint density at radius 3 is 2.72 bits per heavy atom. The van der Waals surface area contributed by atoms with Gasteiger partial charge in [0.15, 0.2) is 0 Å². The summed E-state index contributed by atoms with van der Waals surface area (Å²) in [5.74, 6) is 1.31. The van der Waals surface area contributed by atoms with Crippen LogP contribution in [0.3, 0.4) is 0 Å². The number of hydrogen-bond donors (Lipinski definition) is 1. The van der Waals surface area contributed by atoms with Crippen LogP contribution in [-0.4, -0.2) is 65.5 Å². The van der Waals surface area contributed by atoms with E-state index < -0.39 is 0 Å². The van der Waals surface area contributed by atoms with E-state index in [9.17, 15) is 9.59 Å². The molecular weight excluding hydrogens is 452 g/mol. The van der Waals surface area contributed by atoms with Gasteiger partial charge < -0.3 is 19.5 Å². The smallest absolute Gasteiger partial charge is 0.237 e. The number of carbonyl (C=O) groups excluding carboxylic acids is 2. The summed E-state index contributed by atoms with van der Waals surface area (Å²) in [6.45, 7) is 6.82. The van der Waals surface area contributed by atoms with E-state index >= 15 is 0 Å². The summed E-state index contributed by atoms with van der Waals surface area (Å²) < 4.78 is 8.24. The Morgan fingerprint density at radius 1 is 1.06 bits per heavy atom. The van der Waals surface area contributed by atoms with Gasteiger partial charge in [0.1, 0.15) is 12.4 Å². The zero-order valence-electron chi connectivity index (χ0n) is 21.6. The van der Waals surface area contributed by atoms with E-state index in [-0.39, 0.29) is 23.3 Å². The molecule has 3 aliphatic heterocycles. The molecule has 0 aliphatic carbocycles. The van der Waals surface area contributed by atoms with Crippen LogP contribution in [0.5, 0.6) is 5.75 Å². The molecule has 5 rings (SSSR count). The number of ether oxygens (including phenoxy) is 1. The molecule has 3 aliphatic rings. The van der Waals surface area contributed by atoms with Crippen LogP contribution in [0, 0.1) is 5.41 Å². The number of nitrogens with one attached hydrogen (secondary N) is 1. The topological polar surface area (TPSA) is 66.8 Å². The molecule has 36 heavy (non-hydrogen) atoms. The van der Waals surface area contributed by atoms with Gasteiger partial charge >= 0.3 is 0 Å². The maximum Gasteiger partial charge on any atom is 0.237 e. The molecule has 1 saturated heterocycles. The molecule has 4 heterocycles. The van der Waals surface area contributed by atoms with Crippen molar-refractivity contribution in [2.45, 2.75) is 64.5 Å². The fraction of sp³-hybridized carbons (Fsp3) is 0.586. The molecule has 7 heteroatoms. The number of aryl methyl sites for hydroxylation is 1. The maximum absolute atomic E-state index is 13.3. The summed E-state index contributed by atoms with van der Waals surface area (Å²) in [5, 5.41) is 3.16. The second-order valence-electron chi connectivity index (χ2n) is 10.6. The van der Waals surface area contributed by atoms with Crippen molar-refractivity contribution in [3.63, 3.8) is 0 Å². The minimum Gasteiger partial charge on any atom is -0.491 e. The molecule has 1 atom stereocenters. The number of amides is 2. The molecule has 7 nitrogen and oxygen atoms in total. The predicted molar refractivity (Wildman–Crippen MR) is 140 cm³/mol. The minimum atomic E-state index is -0.337. The largest absolute Gasteiger partial charge is 0.491 e. The molecule has 1 fully saturated rings. The second kappa shape index (κ2) is 11.1. The van der Waals surface area contributed by atoms with Gasteiger partial charge in [-0.1, -0.05) is 31.5 Å². The highest BCUT2D eigenvalue weighted by Gasteiger charge is 2.41. The Labute approximate surface area is 214 Å². The average Bonchev–Trinajstić information content (AvgIpc) is 3.38. The molecule has 1 aromatic heterocycles. The SMILES string of the molecule is CCC1c2cccn2CCN1C(=O)CN1CCC2(CCCCc3ccccc3OCCNC2=O)CC1. The van der Waals surface area contributed by atoms with E-state index in [0.717, 1.165) is 76.9 Å². The minimum absolute atomic E-state index is 0.154. The van der Waals surface area contributed by atoms with Crippen molar-refractivity contribution >= 4 is 11.8 Å². The van der Waals surface area contributed by atoms with Crippen molar-refractivity contribution in [3.8, 4) is 5.75 Å². The standard InChI is InChI=1S/C29H40N4O3/c1-2-24-25-10-7-16-32(25)19-20-33(24)27(34)22-31-17-13-29(14-18-31)12-6-5-9-23-8-3-4-11-26(23)36-21-15-30-28(29)35/h3-4,7-8,10-11,16,24H,2,5-6,9,12-15,17-22H2,1H3,(H,30,35). The highest BCUT2D eigenvalue weighted by molar-refractivity contribution is 5.83. The first-order valence-electron chi connectivity index (χ1n) is 13.8. The van der Waals surface area contributed by atoms with Gasteiger partial charge in [-0.2, -0.15) is 0 Å². The van der Waals surface area contributed by atoms with E-state index in [2.05, 4.69) is 57.1 Å². The zero-order valence-corrected chi connectivity index (χ0v) is 21.6. The molecule has 2 amide bonds. The molecule has 194 valence electrons. The summed E-state index contributed by atoms with van der Waals surface area (Å²) in [6.07, 6.45) is 8.61. The van der Waals surface area contributed by atoms with Crippen LogP contribution >= 0.6 is 0 Å². The van der Waals surface area contributed by atoms with E-state index in [1.54, 1.807) is 0 Å². The Hall–Kier alpha value is -2.80. The Balaban J connectivity index is 1.18. The third kappa shape index (κ3) is 5.17. The average molecular weight is 493 g/mol. The van der Waals surface area contributed by atoms with Gasteiger partial charge in [-0.05, 0) is 75.4 Å². The van der Waals surface area contributed by atoms with Gasteiger partial charge in [0.25, 0.3) is 0 Å². The molecule has 0 bridgehead atoms. The fourth-order valence-corrected chi connectivity index (χ4v) is 6.35. The number of aromatic nitrogens is 1. The van der Waals surface area contributed by atoms with Crippen LogP contribution in [0.15, 0.2) is 42.6 Å². The first-order valence-corrected chi connectivity index (χ1v) is 13.8. The normalized spacial score (nSPS) is 23.0. The predicted octanol–water partition coefficient (Wildman–Crippen LogP) is 3.79. The van der Waals surface area contributed by atoms with Crippen LogP contribution in [-0.2, 0) is 22.6 Å². The van der Waals surface area contributed by atoms with Gasteiger partial charge in [0.2, 0.25) is 11.8 Å². The van der Waals surface area contributed by atoms with Gasteiger partial charge in [0, 0.05) is 25.0 Å². The van der Waals surface area contributed by atoms with E-state index in [1.165, 1.54) is 11.3 Å². The Bertz CT molecular complexity index is 1060. The highest BCUT2D eigenvalue weighted by Crippen LogP contribution is 2.38. The number of rotatable bonds is 3. The lowest BCUT2D eigenvalue weighted by Gasteiger charge is -2.42. The van der Waals surface area contributed by atoms with Crippen LogP contribution in [0.1, 0.15) is 62.7 Å².